The van der Waals surface area contributed by atoms with Crippen LogP contribution in [0.3, 0.4) is 0 Å². The van der Waals surface area contributed by atoms with Crippen LogP contribution in [-0.4, -0.2) is 18.1 Å². The molecule has 2 aromatic carbocycles. The molecule has 2 rings (SSSR count). The summed E-state index contributed by atoms with van der Waals surface area (Å²) in [5, 5.41) is 0.613. The van der Waals surface area contributed by atoms with Crippen LogP contribution in [-0.2, 0) is 0 Å². The van der Waals surface area contributed by atoms with E-state index in [0.29, 0.717) is 15.6 Å². The van der Waals surface area contributed by atoms with Crippen LogP contribution in [0, 0.1) is 0 Å². The van der Waals surface area contributed by atoms with E-state index in [1.54, 1.807) is 25.3 Å². The molecule has 5 heteroatoms. The topological polar surface area (TPSA) is 26.3 Å². The van der Waals surface area contributed by atoms with Gasteiger partial charge in [0.05, 0.1) is 22.3 Å². The normalized spacial score (nSPS) is 12.0. The zero-order chi connectivity index (χ0) is 15.4. The lowest BCUT2D eigenvalue weighted by Gasteiger charge is -2.13. The number of benzene rings is 2. The molecule has 0 heterocycles. The molecule has 0 aliphatic rings. The lowest BCUT2D eigenvalue weighted by Crippen LogP contribution is -2.14. The number of halogens is 2. The molecule has 0 bridgehead atoms. The maximum Gasteiger partial charge on any atom is 0.177 e. The highest BCUT2D eigenvalue weighted by Gasteiger charge is 2.20. The monoisotopic (exact) mass is 340 g/mol. The third-order valence-electron chi connectivity index (χ3n) is 2.94. The van der Waals surface area contributed by atoms with Crippen LogP contribution >= 0.6 is 35.0 Å². The maximum atomic E-state index is 12.5. The zero-order valence-corrected chi connectivity index (χ0v) is 13.9. The molecule has 0 aromatic heterocycles. The lowest BCUT2D eigenvalue weighted by atomic mass is 10.1. The average molecular weight is 341 g/mol. The van der Waals surface area contributed by atoms with Gasteiger partial charge in [0.25, 0.3) is 0 Å². The summed E-state index contributed by atoms with van der Waals surface area (Å²) in [4.78, 5) is 13.4. The van der Waals surface area contributed by atoms with Crippen molar-refractivity contribution in [2.24, 2.45) is 0 Å². The molecule has 0 aliphatic heterocycles. The van der Waals surface area contributed by atoms with Crippen molar-refractivity contribution >= 4 is 40.7 Å². The van der Waals surface area contributed by atoms with Crippen molar-refractivity contribution in [1.82, 2.24) is 0 Å². The minimum atomic E-state index is -0.278. The summed E-state index contributed by atoms with van der Waals surface area (Å²) < 4.78 is 5.30. The van der Waals surface area contributed by atoms with Crippen molar-refractivity contribution in [3.05, 3.63) is 58.1 Å². The Bertz CT molecular complexity index is 658. The number of hydrogen-bond acceptors (Lipinski definition) is 3. The van der Waals surface area contributed by atoms with Gasteiger partial charge in [-0.3, -0.25) is 4.79 Å². The van der Waals surface area contributed by atoms with E-state index >= 15 is 0 Å². The van der Waals surface area contributed by atoms with Crippen LogP contribution in [0.2, 0.25) is 10.0 Å². The molecule has 0 saturated heterocycles. The van der Waals surface area contributed by atoms with Crippen LogP contribution < -0.4 is 4.74 Å². The van der Waals surface area contributed by atoms with E-state index in [9.17, 15) is 4.79 Å². The fourth-order valence-corrected chi connectivity index (χ4v) is 3.41. The van der Waals surface area contributed by atoms with Gasteiger partial charge in [-0.1, -0.05) is 35.3 Å². The quantitative estimate of drug-likeness (QED) is 0.540. The van der Waals surface area contributed by atoms with E-state index in [2.05, 4.69) is 0 Å². The van der Waals surface area contributed by atoms with Gasteiger partial charge in [-0.2, -0.15) is 0 Å². The van der Waals surface area contributed by atoms with E-state index in [0.717, 1.165) is 10.6 Å². The Morgan fingerprint density at radius 3 is 2.57 bits per heavy atom. The molecule has 0 saturated carbocycles. The number of hydrogen-bond donors (Lipinski definition) is 0. The summed E-state index contributed by atoms with van der Waals surface area (Å²) in [5.41, 5.74) is 0.482. The van der Waals surface area contributed by atoms with Crippen molar-refractivity contribution in [3.8, 4) is 5.75 Å². The molecule has 0 aliphatic carbocycles. The van der Waals surface area contributed by atoms with E-state index in [4.69, 9.17) is 27.9 Å². The summed E-state index contributed by atoms with van der Waals surface area (Å²) in [6.45, 7) is 1.85. The number of methoxy groups -OCH3 is 1. The van der Waals surface area contributed by atoms with Gasteiger partial charge in [-0.25, -0.2) is 0 Å². The number of para-hydroxylation sites is 1. The maximum absolute atomic E-state index is 12.5. The largest absolute Gasteiger partial charge is 0.496 e. The highest BCUT2D eigenvalue weighted by atomic mass is 35.5. The van der Waals surface area contributed by atoms with E-state index in [1.165, 1.54) is 11.8 Å². The van der Waals surface area contributed by atoms with Gasteiger partial charge in [0.2, 0.25) is 0 Å². The van der Waals surface area contributed by atoms with Gasteiger partial charge in [0.15, 0.2) is 5.78 Å². The Labute approximate surface area is 138 Å². The Morgan fingerprint density at radius 1 is 1.19 bits per heavy atom. The summed E-state index contributed by atoms with van der Waals surface area (Å²) in [7, 11) is 1.61. The van der Waals surface area contributed by atoms with Gasteiger partial charge in [-0.15, -0.1) is 11.8 Å². The summed E-state index contributed by atoms with van der Waals surface area (Å²) in [6.07, 6.45) is 0. The number of rotatable bonds is 5. The molecule has 1 unspecified atom stereocenters. The molecule has 0 amide bonds. The first-order chi connectivity index (χ1) is 10.0. The first-order valence-corrected chi connectivity index (χ1v) is 7.95. The SMILES string of the molecule is COc1ccccc1SC(C)C(=O)c1ccc(Cl)cc1Cl. The van der Waals surface area contributed by atoms with E-state index in [1.807, 2.05) is 31.2 Å². The standard InChI is InChI=1S/C16H14Cl2O2S/c1-10(21-15-6-4-3-5-14(15)20-2)16(19)12-8-7-11(17)9-13(12)18/h3-10H,1-2H3. The zero-order valence-electron chi connectivity index (χ0n) is 11.6. The fraction of sp³-hybridized carbons (Fsp3) is 0.188. The summed E-state index contributed by atoms with van der Waals surface area (Å²) in [6, 6.07) is 12.5. The molecule has 0 radical (unpaired) electrons. The van der Waals surface area contributed by atoms with Crippen LogP contribution in [0.15, 0.2) is 47.4 Å². The Balaban J connectivity index is 2.19. The first-order valence-electron chi connectivity index (χ1n) is 6.32. The Morgan fingerprint density at radius 2 is 1.90 bits per heavy atom. The summed E-state index contributed by atoms with van der Waals surface area (Å²) in [5.74, 6) is 0.719. The number of ether oxygens (including phenoxy) is 1. The lowest BCUT2D eigenvalue weighted by molar-refractivity contribution is 0.0994. The highest BCUT2D eigenvalue weighted by Crippen LogP contribution is 2.34. The number of Topliss-reactive ketones (excluding diaryl/α,β-unsaturated/α-hetero) is 1. The average Bonchev–Trinajstić information content (AvgIpc) is 2.47. The van der Waals surface area contributed by atoms with Crippen molar-refractivity contribution in [1.29, 1.82) is 0 Å². The molecular formula is C16H14Cl2O2S. The Hall–Kier alpha value is -1.16. The fourth-order valence-electron chi connectivity index (χ4n) is 1.87. The number of carbonyl (C=O) groups excluding carboxylic acids is 1. The minimum Gasteiger partial charge on any atom is -0.496 e. The van der Waals surface area contributed by atoms with Gasteiger partial charge >= 0.3 is 0 Å². The van der Waals surface area contributed by atoms with E-state index < -0.39 is 0 Å². The molecule has 2 nitrogen and oxygen atoms in total. The molecule has 0 fully saturated rings. The smallest absolute Gasteiger partial charge is 0.177 e. The molecule has 0 spiro atoms. The third kappa shape index (κ3) is 3.94. The minimum absolute atomic E-state index is 0.0347. The van der Waals surface area contributed by atoms with Gasteiger partial charge in [0.1, 0.15) is 5.75 Å². The predicted molar refractivity (Wildman–Crippen MR) is 89.1 cm³/mol. The first kappa shape index (κ1) is 16.2. The van der Waals surface area contributed by atoms with Crippen LogP contribution in [0.5, 0.6) is 5.75 Å². The second-order valence-electron chi connectivity index (χ2n) is 4.40. The van der Waals surface area contributed by atoms with Crippen molar-refractivity contribution < 1.29 is 9.53 Å². The predicted octanol–water partition coefficient (Wildman–Crippen LogP) is 5.37. The summed E-state index contributed by atoms with van der Waals surface area (Å²) >= 11 is 13.4. The number of ketones is 1. The third-order valence-corrected chi connectivity index (χ3v) is 4.65. The highest BCUT2D eigenvalue weighted by molar-refractivity contribution is 8.00. The van der Waals surface area contributed by atoms with E-state index in [-0.39, 0.29) is 11.0 Å². The molecule has 2 aromatic rings. The number of thioether (sulfide) groups is 1. The van der Waals surface area contributed by atoms with Gasteiger partial charge in [-0.05, 0) is 37.3 Å². The second-order valence-corrected chi connectivity index (χ2v) is 6.63. The van der Waals surface area contributed by atoms with Gasteiger partial charge < -0.3 is 4.74 Å². The van der Waals surface area contributed by atoms with Gasteiger partial charge in [0, 0.05) is 10.6 Å². The molecule has 110 valence electrons. The van der Waals surface area contributed by atoms with Crippen molar-refractivity contribution in [2.75, 3.05) is 7.11 Å². The van der Waals surface area contributed by atoms with Crippen LogP contribution in [0.1, 0.15) is 17.3 Å². The van der Waals surface area contributed by atoms with Crippen molar-refractivity contribution in [3.63, 3.8) is 0 Å². The number of carbonyl (C=O) groups is 1. The molecular weight excluding hydrogens is 327 g/mol. The molecule has 1 atom stereocenters. The van der Waals surface area contributed by atoms with Crippen molar-refractivity contribution in [2.45, 2.75) is 17.1 Å². The van der Waals surface area contributed by atoms with Crippen LogP contribution in [0.25, 0.3) is 0 Å². The van der Waals surface area contributed by atoms with Crippen LogP contribution in [0.4, 0.5) is 0 Å². The second kappa shape index (κ2) is 7.21. The molecule has 21 heavy (non-hydrogen) atoms. The Kier molecular flexibility index (Phi) is 5.57. The molecule has 0 N–H and O–H groups in total.